The van der Waals surface area contributed by atoms with Crippen LogP contribution in [0.5, 0.6) is 0 Å². The van der Waals surface area contributed by atoms with Gasteiger partial charge in [0, 0.05) is 6.42 Å². The highest BCUT2D eigenvalue weighted by atomic mass is 16.5. The van der Waals surface area contributed by atoms with Gasteiger partial charge in [-0.15, -0.1) is 0 Å². The summed E-state index contributed by atoms with van der Waals surface area (Å²) in [5.74, 6) is -0.419. The predicted octanol–water partition coefficient (Wildman–Crippen LogP) is 2.76. The first-order valence-corrected chi connectivity index (χ1v) is 8.21. The first-order chi connectivity index (χ1) is 10.6. The lowest BCUT2D eigenvalue weighted by Crippen LogP contribution is -2.27. The lowest BCUT2D eigenvalue weighted by Gasteiger charge is -2.18. The van der Waals surface area contributed by atoms with Gasteiger partial charge < -0.3 is 14.6 Å². The van der Waals surface area contributed by atoms with E-state index >= 15 is 0 Å². The topological polar surface area (TPSA) is 72.8 Å². The van der Waals surface area contributed by atoms with Crippen LogP contribution in [-0.2, 0) is 19.1 Å². The molecule has 0 saturated heterocycles. The summed E-state index contributed by atoms with van der Waals surface area (Å²) >= 11 is 0. The molecule has 1 aliphatic rings. The molecule has 22 heavy (non-hydrogen) atoms. The van der Waals surface area contributed by atoms with Crippen LogP contribution >= 0.6 is 0 Å². The third-order valence-corrected chi connectivity index (χ3v) is 4.10. The van der Waals surface area contributed by atoms with E-state index in [1.165, 1.54) is 7.11 Å². The number of aliphatic hydroxyl groups excluding tert-OH is 1. The van der Waals surface area contributed by atoms with Crippen LogP contribution < -0.4 is 0 Å². The van der Waals surface area contributed by atoms with Gasteiger partial charge in [0.25, 0.3) is 0 Å². The average Bonchev–Trinajstić information content (AvgIpc) is 2.98. The number of allylic oxidation sites excluding steroid dienone is 1. The number of methoxy groups -OCH3 is 1. The maximum atomic E-state index is 11.6. The Morgan fingerprint density at radius 1 is 1.32 bits per heavy atom. The Hall–Kier alpha value is -1.36. The average molecular weight is 312 g/mol. The van der Waals surface area contributed by atoms with Crippen LogP contribution in [-0.4, -0.2) is 36.9 Å². The monoisotopic (exact) mass is 312 g/mol. The van der Waals surface area contributed by atoms with Crippen LogP contribution in [0.15, 0.2) is 11.6 Å². The molecule has 0 amide bonds. The first kappa shape index (κ1) is 18.7. The number of unbranched alkanes of at least 4 members (excludes halogenated alkanes) is 3. The number of carbonyl (C=O) groups is 2. The number of rotatable bonds is 10. The number of esters is 2. The van der Waals surface area contributed by atoms with Crippen molar-refractivity contribution in [3.63, 3.8) is 0 Å². The van der Waals surface area contributed by atoms with E-state index in [1.54, 1.807) is 6.92 Å². The highest BCUT2D eigenvalue weighted by molar-refractivity contribution is 5.78. The van der Waals surface area contributed by atoms with Crippen LogP contribution in [0, 0.1) is 5.92 Å². The van der Waals surface area contributed by atoms with Crippen molar-refractivity contribution in [2.75, 3.05) is 13.7 Å². The van der Waals surface area contributed by atoms with Gasteiger partial charge in [0.15, 0.2) is 6.10 Å². The highest BCUT2D eigenvalue weighted by Crippen LogP contribution is 2.33. The third-order valence-electron chi connectivity index (χ3n) is 4.10. The minimum absolute atomic E-state index is 0.154. The Labute approximate surface area is 132 Å². The summed E-state index contributed by atoms with van der Waals surface area (Å²) < 4.78 is 9.48. The van der Waals surface area contributed by atoms with Crippen LogP contribution in [0.2, 0.25) is 0 Å². The van der Waals surface area contributed by atoms with Crippen molar-refractivity contribution < 1.29 is 24.2 Å². The zero-order valence-electron chi connectivity index (χ0n) is 13.7. The van der Waals surface area contributed by atoms with Gasteiger partial charge in [-0.05, 0) is 44.1 Å². The molecule has 0 aromatic heterocycles. The summed E-state index contributed by atoms with van der Waals surface area (Å²) in [6, 6.07) is 0. The molecule has 1 N–H and O–H groups in total. The molecule has 0 aromatic rings. The van der Waals surface area contributed by atoms with E-state index in [0.29, 0.717) is 6.42 Å². The molecule has 0 spiro atoms. The van der Waals surface area contributed by atoms with E-state index in [9.17, 15) is 14.7 Å². The van der Waals surface area contributed by atoms with Crippen LogP contribution in [0.25, 0.3) is 0 Å². The molecule has 0 saturated carbocycles. The molecule has 126 valence electrons. The Morgan fingerprint density at radius 3 is 2.73 bits per heavy atom. The smallest absolute Gasteiger partial charge is 0.339 e. The van der Waals surface area contributed by atoms with E-state index in [2.05, 4.69) is 4.74 Å². The molecule has 5 heteroatoms. The second kappa shape index (κ2) is 10.4. The number of carbonyl (C=O) groups excluding carboxylic acids is 2. The summed E-state index contributed by atoms with van der Waals surface area (Å²) in [5, 5.41) is 10.1. The van der Waals surface area contributed by atoms with Crippen molar-refractivity contribution >= 4 is 11.9 Å². The summed E-state index contributed by atoms with van der Waals surface area (Å²) in [7, 11) is 1.41. The standard InChI is InChI=1S/C17H28O5/c1-3-22-17(20)16(19)14-11-8-10-13(14)9-6-4-5-7-12-15(18)21-2/h11,13,16,19H,3-10,12H2,1-2H3. The third kappa shape index (κ3) is 6.18. The number of aliphatic hydroxyl groups is 1. The first-order valence-electron chi connectivity index (χ1n) is 8.21. The van der Waals surface area contributed by atoms with Gasteiger partial charge in [0.2, 0.25) is 0 Å². The van der Waals surface area contributed by atoms with Crippen LogP contribution in [0.3, 0.4) is 0 Å². The molecule has 0 bridgehead atoms. The second-order valence-electron chi connectivity index (χ2n) is 5.66. The fourth-order valence-electron chi connectivity index (χ4n) is 2.90. The zero-order valence-corrected chi connectivity index (χ0v) is 13.7. The van der Waals surface area contributed by atoms with Crippen molar-refractivity contribution in [1.29, 1.82) is 0 Å². The Kier molecular flexibility index (Phi) is 8.82. The van der Waals surface area contributed by atoms with E-state index < -0.39 is 12.1 Å². The van der Waals surface area contributed by atoms with Crippen LogP contribution in [0.1, 0.15) is 58.3 Å². The van der Waals surface area contributed by atoms with Crippen molar-refractivity contribution in [3.05, 3.63) is 11.6 Å². The minimum Gasteiger partial charge on any atom is -0.469 e. The molecule has 0 radical (unpaired) electrons. The van der Waals surface area contributed by atoms with Crippen molar-refractivity contribution in [2.45, 2.75) is 64.4 Å². The predicted molar refractivity (Wildman–Crippen MR) is 83.2 cm³/mol. The number of hydrogen-bond donors (Lipinski definition) is 1. The molecule has 2 unspecified atom stereocenters. The number of hydrogen-bond acceptors (Lipinski definition) is 5. The molecule has 2 atom stereocenters. The molecule has 1 aliphatic carbocycles. The van der Waals surface area contributed by atoms with E-state index in [0.717, 1.165) is 50.5 Å². The molecule has 0 heterocycles. The van der Waals surface area contributed by atoms with Crippen molar-refractivity contribution in [2.24, 2.45) is 5.92 Å². The Balaban J connectivity index is 2.24. The lowest BCUT2D eigenvalue weighted by atomic mass is 9.91. The molecule has 1 rings (SSSR count). The molecule has 0 fully saturated rings. The van der Waals surface area contributed by atoms with Gasteiger partial charge in [0.1, 0.15) is 0 Å². The summed E-state index contributed by atoms with van der Waals surface area (Å²) in [5.41, 5.74) is 0.827. The second-order valence-corrected chi connectivity index (χ2v) is 5.66. The Morgan fingerprint density at radius 2 is 2.05 bits per heavy atom. The fourth-order valence-corrected chi connectivity index (χ4v) is 2.90. The normalized spacial score (nSPS) is 18.7. The maximum absolute atomic E-state index is 11.6. The molecule has 0 aromatic carbocycles. The minimum atomic E-state index is -1.10. The highest BCUT2D eigenvalue weighted by Gasteiger charge is 2.29. The maximum Gasteiger partial charge on any atom is 0.339 e. The van der Waals surface area contributed by atoms with E-state index in [1.807, 2.05) is 6.08 Å². The molecule has 5 nitrogen and oxygen atoms in total. The largest absolute Gasteiger partial charge is 0.469 e. The van der Waals surface area contributed by atoms with Crippen LogP contribution in [0.4, 0.5) is 0 Å². The van der Waals surface area contributed by atoms with Crippen molar-refractivity contribution in [3.8, 4) is 0 Å². The lowest BCUT2D eigenvalue weighted by molar-refractivity contribution is -0.151. The SMILES string of the molecule is CCOC(=O)C(O)C1=CCCC1CCCCCCC(=O)OC. The van der Waals surface area contributed by atoms with Gasteiger partial charge in [-0.25, -0.2) is 4.79 Å². The fraction of sp³-hybridized carbons (Fsp3) is 0.765. The van der Waals surface area contributed by atoms with Gasteiger partial charge in [-0.1, -0.05) is 25.3 Å². The summed E-state index contributed by atoms with van der Waals surface area (Å²) in [6.45, 7) is 2.02. The summed E-state index contributed by atoms with van der Waals surface area (Å²) in [4.78, 5) is 22.6. The Bertz CT molecular complexity index is 389. The van der Waals surface area contributed by atoms with Gasteiger partial charge >= 0.3 is 11.9 Å². The van der Waals surface area contributed by atoms with E-state index in [4.69, 9.17) is 4.74 Å². The zero-order chi connectivity index (χ0) is 16.4. The quantitative estimate of drug-likeness (QED) is 0.381. The summed E-state index contributed by atoms with van der Waals surface area (Å²) in [6.07, 6.45) is 8.18. The van der Waals surface area contributed by atoms with E-state index in [-0.39, 0.29) is 18.5 Å². The molecular formula is C17H28O5. The number of ether oxygens (including phenoxy) is 2. The van der Waals surface area contributed by atoms with Gasteiger partial charge in [-0.3, -0.25) is 4.79 Å². The van der Waals surface area contributed by atoms with Crippen molar-refractivity contribution in [1.82, 2.24) is 0 Å². The van der Waals surface area contributed by atoms with Gasteiger partial charge in [-0.2, -0.15) is 0 Å². The van der Waals surface area contributed by atoms with Gasteiger partial charge in [0.05, 0.1) is 13.7 Å². The molecular weight excluding hydrogens is 284 g/mol. The molecule has 0 aliphatic heterocycles.